The number of amidine groups is 1. The van der Waals surface area contributed by atoms with Crippen LogP contribution >= 0.6 is 0 Å². The highest BCUT2D eigenvalue weighted by Crippen LogP contribution is 2.25. The molecule has 2 aliphatic rings. The molecule has 8 heteroatoms. The van der Waals surface area contributed by atoms with Crippen molar-refractivity contribution in [2.45, 2.75) is 43.7 Å². The van der Waals surface area contributed by atoms with Crippen molar-refractivity contribution < 1.29 is 13.2 Å². The number of carbonyl (C=O) groups excluding carboxylic acids is 1. The lowest BCUT2D eigenvalue weighted by atomic mass is 9.92. The van der Waals surface area contributed by atoms with Crippen molar-refractivity contribution in [1.82, 2.24) is 9.62 Å². The molecule has 3 N–H and O–H groups in total. The van der Waals surface area contributed by atoms with Crippen LogP contribution in [0.4, 0.5) is 0 Å². The quantitative estimate of drug-likeness (QED) is 0.823. The first kappa shape index (κ1) is 17.9. The van der Waals surface area contributed by atoms with Crippen molar-refractivity contribution in [2.24, 2.45) is 16.6 Å². The van der Waals surface area contributed by atoms with Gasteiger partial charge in [-0.3, -0.25) is 14.5 Å². The van der Waals surface area contributed by atoms with Gasteiger partial charge in [0.25, 0.3) is 10.0 Å². The highest BCUT2D eigenvalue weighted by molar-refractivity contribution is 7.90. The summed E-state index contributed by atoms with van der Waals surface area (Å²) in [6, 6.07) is 5.98. The molecule has 3 atom stereocenters. The predicted molar refractivity (Wildman–Crippen MR) is 95.7 cm³/mol. The van der Waals surface area contributed by atoms with E-state index in [1.165, 1.54) is 6.07 Å². The van der Waals surface area contributed by atoms with Gasteiger partial charge in [0.15, 0.2) is 0 Å². The standard InChI is InChI=1S/C17H24N4O3S/c1-11-7-8-21(13(9-11)10-18)17(22)12(2)19-16-14-5-3-4-6-15(14)25(23,24)20-16/h3-6,11-13H,7-10,18H2,1-2H3,(H,19,20). The minimum atomic E-state index is -3.60. The van der Waals surface area contributed by atoms with Crippen LogP contribution in [0.15, 0.2) is 34.2 Å². The lowest BCUT2D eigenvalue weighted by molar-refractivity contribution is -0.136. The Morgan fingerprint density at radius 3 is 2.88 bits per heavy atom. The molecule has 1 fully saturated rings. The van der Waals surface area contributed by atoms with Crippen molar-refractivity contribution in [3.63, 3.8) is 0 Å². The highest BCUT2D eigenvalue weighted by Gasteiger charge is 2.34. The summed E-state index contributed by atoms with van der Waals surface area (Å²) in [7, 11) is -3.60. The van der Waals surface area contributed by atoms with Crippen LogP contribution in [0.25, 0.3) is 0 Å². The number of hydrogen-bond donors (Lipinski definition) is 2. The monoisotopic (exact) mass is 364 g/mol. The number of nitrogens with two attached hydrogens (primary N) is 1. The van der Waals surface area contributed by atoms with Gasteiger partial charge >= 0.3 is 0 Å². The molecule has 3 rings (SSSR count). The van der Waals surface area contributed by atoms with E-state index in [-0.39, 0.29) is 22.7 Å². The van der Waals surface area contributed by atoms with Crippen LogP contribution in [-0.4, -0.2) is 50.2 Å². The van der Waals surface area contributed by atoms with Gasteiger partial charge in [-0.25, -0.2) is 8.42 Å². The molecular weight excluding hydrogens is 340 g/mol. The number of likely N-dealkylation sites (tertiary alicyclic amines) is 1. The van der Waals surface area contributed by atoms with Gasteiger partial charge in [0.05, 0.1) is 4.90 Å². The second-order valence-electron chi connectivity index (χ2n) is 6.81. The molecule has 25 heavy (non-hydrogen) atoms. The number of rotatable bonds is 3. The Hall–Kier alpha value is -1.93. The number of benzene rings is 1. The number of nitrogens with one attached hydrogen (secondary N) is 1. The minimum Gasteiger partial charge on any atom is -0.337 e. The first-order valence-electron chi connectivity index (χ1n) is 8.54. The van der Waals surface area contributed by atoms with Crippen molar-refractivity contribution in [3.8, 4) is 0 Å². The summed E-state index contributed by atoms with van der Waals surface area (Å²) in [6.07, 6.45) is 1.84. The molecule has 1 amide bonds. The second-order valence-corrected chi connectivity index (χ2v) is 8.46. The molecule has 3 unspecified atom stereocenters. The lowest BCUT2D eigenvalue weighted by Crippen LogP contribution is -2.51. The molecule has 0 spiro atoms. The molecule has 0 bridgehead atoms. The summed E-state index contributed by atoms with van der Waals surface area (Å²) in [5.74, 6) is 0.664. The topological polar surface area (TPSA) is 105 Å². The predicted octanol–water partition coefficient (Wildman–Crippen LogP) is 0.699. The van der Waals surface area contributed by atoms with Gasteiger partial charge in [0, 0.05) is 24.7 Å². The highest BCUT2D eigenvalue weighted by atomic mass is 32.2. The molecule has 7 nitrogen and oxygen atoms in total. The van der Waals surface area contributed by atoms with Gasteiger partial charge in [0.2, 0.25) is 5.91 Å². The van der Waals surface area contributed by atoms with Crippen LogP contribution in [0.3, 0.4) is 0 Å². The molecule has 1 saturated heterocycles. The number of amides is 1. The number of sulfonamides is 1. The van der Waals surface area contributed by atoms with Crippen LogP contribution < -0.4 is 10.5 Å². The summed E-state index contributed by atoms with van der Waals surface area (Å²) in [4.78, 5) is 19.2. The van der Waals surface area contributed by atoms with Gasteiger partial charge in [-0.15, -0.1) is 0 Å². The number of aliphatic imine (C=N–C) groups is 1. The number of hydrogen-bond acceptors (Lipinski definition) is 5. The van der Waals surface area contributed by atoms with E-state index in [1.807, 2.05) is 0 Å². The Morgan fingerprint density at radius 2 is 2.16 bits per heavy atom. The fourth-order valence-electron chi connectivity index (χ4n) is 3.48. The normalized spacial score (nSPS) is 27.6. The number of carbonyl (C=O) groups is 1. The van der Waals surface area contributed by atoms with Crippen LogP contribution in [0.1, 0.15) is 32.3 Å². The lowest BCUT2D eigenvalue weighted by Gasteiger charge is -2.38. The maximum absolute atomic E-state index is 12.8. The fraction of sp³-hybridized carbons (Fsp3) is 0.529. The molecule has 1 aromatic carbocycles. The smallest absolute Gasteiger partial charge is 0.263 e. The molecule has 2 heterocycles. The SMILES string of the molecule is CC1CCN(C(=O)C(C)N=C2NS(=O)(=O)c3ccccc32)C(CN)C1. The molecule has 136 valence electrons. The van der Waals surface area contributed by atoms with Gasteiger partial charge in [0.1, 0.15) is 11.9 Å². The molecule has 0 aromatic heterocycles. The Balaban J connectivity index is 1.83. The summed E-state index contributed by atoms with van der Waals surface area (Å²) in [5.41, 5.74) is 6.34. The van der Waals surface area contributed by atoms with E-state index in [9.17, 15) is 13.2 Å². The summed E-state index contributed by atoms with van der Waals surface area (Å²) in [6.45, 7) is 4.95. The van der Waals surface area contributed by atoms with Crippen molar-refractivity contribution in [2.75, 3.05) is 13.1 Å². The Kier molecular flexibility index (Phi) is 4.83. The average molecular weight is 364 g/mol. The largest absolute Gasteiger partial charge is 0.337 e. The third-order valence-corrected chi connectivity index (χ3v) is 6.27. The van der Waals surface area contributed by atoms with Crippen LogP contribution in [0, 0.1) is 5.92 Å². The number of piperidine rings is 1. The second kappa shape index (κ2) is 6.76. The minimum absolute atomic E-state index is 0.0199. The summed E-state index contributed by atoms with van der Waals surface area (Å²) in [5, 5.41) is 0. The van der Waals surface area contributed by atoms with Gasteiger partial charge < -0.3 is 10.6 Å². The van der Waals surface area contributed by atoms with Crippen LogP contribution in [0.2, 0.25) is 0 Å². The van der Waals surface area contributed by atoms with Crippen molar-refractivity contribution in [3.05, 3.63) is 29.8 Å². The zero-order valence-corrected chi connectivity index (χ0v) is 15.3. The molecule has 0 aliphatic carbocycles. The van der Waals surface area contributed by atoms with E-state index < -0.39 is 16.1 Å². The van der Waals surface area contributed by atoms with E-state index in [1.54, 1.807) is 30.0 Å². The summed E-state index contributed by atoms with van der Waals surface area (Å²) >= 11 is 0. The zero-order valence-electron chi connectivity index (χ0n) is 14.5. The molecular formula is C17H24N4O3S. The van der Waals surface area contributed by atoms with Crippen LogP contribution in [0.5, 0.6) is 0 Å². The van der Waals surface area contributed by atoms with E-state index in [2.05, 4.69) is 16.6 Å². The zero-order chi connectivity index (χ0) is 18.2. The number of nitrogens with zero attached hydrogens (tertiary/aromatic N) is 2. The maximum Gasteiger partial charge on any atom is 0.263 e. The van der Waals surface area contributed by atoms with E-state index in [0.29, 0.717) is 24.6 Å². The summed E-state index contributed by atoms with van der Waals surface area (Å²) < 4.78 is 26.7. The van der Waals surface area contributed by atoms with Gasteiger partial charge in [-0.05, 0) is 37.8 Å². The molecule has 0 radical (unpaired) electrons. The first-order valence-corrected chi connectivity index (χ1v) is 10.0. The Labute approximate surface area is 148 Å². The number of fused-ring (bicyclic) bond motifs is 1. The van der Waals surface area contributed by atoms with E-state index in [0.717, 1.165) is 12.8 Å². The third kappa shape index (κ3) is 3.41. The first-order chi connectivity index (χ1) is 11.8. The van der Waals surface area contributed by atoms with Crippen LogP contribution in [-0.2, 0) is 14.8 Å². The Morgan fingerprint density at radius 1 is 1.44 bits per heavy atom. The third-order valence-electron chi connectivity index (χ3n) is 4.88. The average Bonchev–Trinajstić information content (AvgIpc) is 2.85. The fourth-order valence-corrected chi connectivity index (χ4v) is 4.72. The van der Waals surface area contributed by atoms with Gasteiger partial charge in [-0.2, -0.15) is 0 Å². The van der Waals surface area contributed by atoms with Crippen molar-refractivity contribution in [1.29, 1.82) is 0 Å². The maximum atomic E-state index is 12.8. The van der Waals surface area contributed by atoms with E-state index >= 15 is 0 Å². The van der Waals surface area contributed by atoms with E-state index in [4.69, 9.17) is 5.73 Å². The molecule has 0 saturated carbocycles. The molecule has 2 aliphatic heterocycles. The van der Waals surface area contributed by atoms with Crippen molar-refractivity contribution >= 4 is 21.8 Å². The van der Waals surface area contributed by atoms with Gasteiger partial charge in [-0.1, -0.05) is 19.1 Å². The molecule has 1 aromatic rings. The Bertz CT molecular complexity index is 806.